The van der Waals surface area contributed by atoms with Crippen molar-refractivity contribution in [1.29, 1.82) is 0 Å². The summed E-state index contributed by atoms with van der Waals surface area (Å²) in [5, 5.41) is 3.03. The quantitative estimate of drug-likeness (QED) is 0.906. The van der Waals surface area contributed by atoms with Crippen LogP contribution in [0.1, 0.15) is 36.9 Å². The third-order valence-electron chi connectivity index (χ3n) is 5.53. The van der Waals surface area contributed by atoms with E-state index >= 15 is 0 Å². The molecule has 0 spiro atoms. The fraction of sp³-hybridized carbons (Fsp3) is 0.364. The number of hydrogen-bond donors (Lipinski definition) is 1. The fourth-order valence-electron chi connectivity index (χ4n) is 4.26. The average Bonchev–Trinajstić information content (AvgIpc) is 3.28. The Morgan fingerprint density at radius 1 is 1.11 bits per heavy atom. The van der Waals surface area contributed by atoms with Gasteiger partial charge in [0.15, 0.2) is 0 Å². The van der Waals surface area contributed by atoms with Crippen LogP contribution in [0.2, 0.25) is 0 Å². The Bertz CT molecular complexity index is 850. The topological polar surface area (TPSA) is 52.7 Å². The van der Waals surface area contributed by atoms with E-state index in [1.54, 1.807) is 11.8 Å². The van der Waals surface area contributed by atoms with Crippen LogP contribution < -0.4 is 10.2 Å². The Hall–Kier alpha value is -2.66. The first-order chi connectivity index (χ1) is 13.1. The number of hydrogen-bond acceptors (Lipinski definition) is 3. The van der Waals surface area contributed by atoms with Gasteiger partial charge in [-0.05, 0) is 55.1 Å². The molecule has 2 heterocycles. The van der Waals surface area contributed by atoms with Gasteiger partial charge in [0.2, 0.25) is 11.8 Å². The lowest BCUT2D eigenvalue weighted by Crippen LogP contribution is -2.32. The van der Waals surface area contributed by atoms with E-state index in [9.17, 15) is 9.59 Å². The molecule has 2 aliphatic heterocycles. The molecule has 1 saturated heterocycles. The normalized spacial score (nSPS) is 19.1. The SMILES string of the molecule is CC(=O)N1CCc2cc(NC(=O)CN3CCC[C@H]3c3ccccc3)ccc21. The second-order valence-corrected chi connectivity index (χ2v) is 7.35. The van der Waals surface area contributed by atoms with E-state index in [2.05, 4.69) is 34.5 Å². The molecule has 27 heavy (non-hydrogen) atoms. The first-order valence-corrected chi connectivity index (χ1v) is 9.62. The number of anilines is 2. The zero-order chi connectivity index (χ0) is 18.8. The van der Waals surface area contributed by atoms with Crippen molar-refractivity contribution in [3.63, 3.8) is 0 Å². The maximum atomic E-state index is 12.6. The number of fused-ring (bicyclic) bond motifs is 1. The summed E-state index contributed by atoms with van der Waals surface area (Å²) in [6.45, 7) is 3.65. The minimum absolute atomic E-state index is 0.0132. The summed E-state index contributed by atoms with van der Waals surface area (Å²) in [6, 6.07) is 16.6. The fourth-order valence-corrected chi connectivity index (χ4v) is 4.26. The molecular formula is C22H25N3O2. The minimum Gasteiger partial charge on any atom is -0.325 e. The molecule has 1 atom stereocenters. The first kappa shape index (κ1) is 17.7. The van der Waals surface area contributed by atoms with E-state index in [4.69, 9.17) is 0 Å². The van der Waals surface area contributed by atoms with Gasteiger partial charge >= 0.3 is 0 Å². The van der Waals surface area contributed by atoms with Crippen molar-refractivity contribution in [2.45, 2.75) is 32.2 Å². The lowest BCUT2D eigenvalue weighted by molar-refractivity contribution is -0.118. The van der Waals surface area contributed by atoms with Gasteiger partial charge in [-0.25, -0.2) is 0 Å². The van der Waals surface area contributed by atoms with Crippen LogP contribution in [-0.2, 0) is 16.0 Å². The van der Waals surface area contributed by atoms with Crippen molar-refractivity contribution < 1.29 is 9.59 Å². The Morgan fingerprint density at radius 2 is 1.93 bits per heavy atom. The van der Waals surface area contributed by atoms with Gasteiger partial charge in [0.25, 0.3) is 0 Å². The van der Waals surface area contributed by atoms with Gasteiger partial charge < -0.3 is 10.2 Å². The van der Waals surface area contributed by atoms with Crippen molar-refractivity contribution in [2.24, 2.45) is 0 Å². The molecule has 1 fully saturated rings. The summed E-state index contributed by atoms with van der Waals surface area (Å²) < 4.78 is 0. The largest absolute Gasteiger partial charge is 0.325 e. The number of amides is 2. The number of nitrogens with zero attached hydrogens (tertiary/aromatic N) is 2. The Morgan fingerprint density at radius 3 is 2.70 bits per heavy atom. The van der Waals surface area contributed by atoms with Gasteiger partial charge in [0, 0.05) is 30.9 Å². The van der Waals surface area contributed by atoms with Crippen molar-refractivity contribution in [3.05, 3.63) is 59.7 Å². The molecule has 0 saturated carbocycles. The summed E-state index contributed by atoms with van der Waals surface area (Å²) in [7, 11) is 0. The van der Waals surface area contributed by atoms with Gasteiger partial charge in [-0.2, -0.15) is 0 Å². The molecule has 0 unspecified atom stereocenters. The highest BCUT2D eigenvalue weighted by Gasteiger charge is 2.27. The number of nitrogens with one attached hydrogen (secondary N) is 1. The highest BCUT2D eigenvalue weighted by molar-refractivity contribution is 5.96. The van der Waals surface area contributed by atoms with Crippen molar-refractivity contribution in [1.82, 2.24) is 4.90 Å². The number of rotatable bonds is 4. The maximum Gasteiger partial charge on any atom is 0.238 e. The molecule has 2 amide bonds. The summed E-state index contributed by atoms with van der Waals surface area (Å²) in [5.41, 5.74) is 4.17. The van der Waals surface area contributed by atoms with Gasteiger partial charge in [0.1, 0.15) is 0 Å². The number of carbonyl (C=O) groups excluding carboxylic acids is 2. The predicted molar refractivity (Wildman–Crippen MR) is 107 cm³/mol. The number of benzene rings is 2. The van der Waals surface area contributed by atoms with Crippen molar-refractivity contribution in [3.8, 4) is 0 Å². The van der Waals surface area contributed by atoms with Gasteiger partial charge in [-0.1, -0.05) is 30.3 Å². The molecule has 5 nitrogen and oxygen atoms in total. The highest BCUT2D eigenvalue weighted by Crippen LogP contribution is 2.32. The molecule has 140 valence electrons. The summed E-state index contributed by atoms with van der Waals surface area (Å²) in [6.07, 6.45) is 3.05. The van der Waals surface area contributed by atoms with Crippen LogP contribution in [0.3, 0.4) is 0 Å². The second-order valence-electron chi connectivity index (χ2n) is 7.35. The van der Waals surface area contributed by atoms with Crippen LogP contribution in [0.25, 0.3) is 0 Å². The molecule has 0 radical (unpaired) electrons. The van der Waals surface area contributed by atoms with E-state index in [1.807, 2.05) is 24.3 Å². The third-order valence-corrected chi connectivity index (χ3v) is 5.53. The van der Waals surface area contributed by atoms with Crippen LogP contribution in [0.5, 0.6) is 0 Å². The molecule has 4 rings (SSSR count). The lowest BCUT2D eigenvalue weighted by Gasteiger charge is -2.24. The van der Waals surface area contributed by atoms with E-state index in [-0.39, 0.29) is 11.8 Å². The summed E-state index contributed by atoms with van der Waals surface area (Å²) >= 11 is 0. The van der Waals surface area contributed by atoms with Crippen LogP contribution in [0, 0.1) is 0 Å². The van der Waals surface area contributed by atoms with Crippen molar-refractivity contribution >= 4 is 23.2 Å². The minimum atomic E-state index is 0.0132. The Balaban J connectivity index is 1.41. The maximum absolute atomic E-state index is 12.6. The van der Waals surface area contributed by atoms with Crippen LogP contribution in [-0.4, -0.2) is 36.3 Å². The lowest BCUT2D eigenvalue weighted by atomic mass is 10.0. The van der Waals surface area contributed by atoms with E-state index < -0.39 is 0 Å². The van der Waals surface area contributed by atoms with Crippen LogP contribution in [0.4, 0.5) is 11.4 Å². The van der Waals surface area contributed by atoms with E-state index in [0.29, 0.717) is 19.1 Å². The molecule has 2 aromatic carbocycles. The number of carbonyl (C=O) groups is 2. The van der Waals surface area contributed by atoms with Crippen LogP contribution in [0.15, 0.2) is 48.5 Å². The standard InChI is InChI=1S/C22H25N3O2/c1-16(26)25-13-11-18-14-19(9-10-21(18)25)23-22(27)15-24-12-5-8-20(24)17-6-3-2-4-7-17/h2-4,6-7,9-10,14,20H,5,8,11-13,15H2,1H3,(H,23,27)/t20-/m0/s1. The molecule has 2 aromatic rings. The molecular weight excluding hydrogens is 338 g/mol. The van der Waals surface area contributed by atoms with Crippen molar-refractivity contribution in [2.75, 3.05) is 29.9 Å². The molecule has 0 aliphatic carbocycles. The van der Waals surface area contributed by atoms with E-state index in [1.165, 1.54) is 5.56 Å². The smallest absolute Gasteiger partial charge is 0.238 e. The van der Waals surface area contributed by atoms with Gasteiger partial charge in [-0.15, -0.1) is 0 Å². The highest BCUT2D eigenvalue weighted by atomic mass is 16.2. The summed E-state index contributed by atoms with van der Waals surface area (Å²) in [4.78, 5) is 28.3. The van der Waals surface area contributed by atoms with Crippen LogP contribution >= 0.6 is 0 Å². The first-order valence-electron chi connectivity index (χ1n) is 9.62. The molecule has 0 bridgehead atoms. The zero-order valence-electron chi connectivity index (χ0n) is 15.6. The Kier molecular flexibility index (Phi) is 4.94. The predicted octanol–water partition coefficient (Wildman–Crippen LogP) is 3.37. The van der Waals surface area contributed by atoms with Gasteiger partial charge in [0.05, 0.1) is 6.54 Å². The Labute approximate surface area is 160 Å². The molecule has 1 N–H and O–H groups in total. The second kappa shape index (κ2) is 7.53. The van der Waals surface area contributed by atoms with Gasteiger partial charge in [-0.3, -0.25) is 14.5 Å². The monoisotopic (exact) mass is 363 g/mol. The molecule has 2 aliphatic rings. The molecule has 0 aromatic heterocycles. The summed E-state index contributed by atoms with van der Waals surface area (Å²) in [5.74, 6) is 0.0747. The average molecular weight is 363 g/mol. The third kappa shape index (κ3) is 3.74. The molecule has 5 heteroatoms. The number of likely N-dealkylation sites (tertiary alicyclic amines) is 1. The zero-order valence-corrected chi connectivity index (χ0v) is 15.6. The van der Waals surface area contributed by atoms with E-state index in [0.717, 1.165) is 42.7 Å².